The summed E-state index contributed by atoms with van der Waals surface area (Å²) in [5.74, 6) is 0.770. The molecule has 0 saturated heterocycles. The van der Waals surface area contributed by atoms with Crippen molar-refractivity contribution in [3.05, 3.63) is 11.1 Å². The van der Waals surface area contributed by atoms with Gasteiger partial charge in [-0.25, -0.2) is 0 Å². The standard InChI is InChI=1S/C32H53NO5/c1-18(2)9-8-10-22(20(4)34)28-24-15-26(37)29-30(6)13-12-25(36)19(3)23(30)11-14-32(29,17-33)31(24,7)16-27(28)38-21(5)35/h18-19,23-27,29,36-37H,8-17,33H2,1-7H3/b28-22-/t19-,23-,24-,25+,26+,27-,29-,30-,31-,32+/m0/s1. The first-order valence-electron chi connectivity index (χ1n) is 15.2. The van der Waals surface area contributed by atoms with Crippen LogP contribution in [0.2, 0.25) is 0 Å². The summed E-state index contributed by atoms with van der Waals surface area (Å²) in [6.07, 6.45) is 6.04. The van der Waals surface area contributed by atoms with Crippen LogP contribution in [0.5, 0.6) is 0 Å². The van der Waals surface area contributed by atoms with E-state index in [1.807, 2.05) is 0 Å². The number of fused-ring (bicyclic) bond motifs is 5. The Morgan fingerprint density at radius 1 is 1.11 bits per heavy atom. The van der Waals surface area contributed by atoms with Gasteiger partial charge in [-0.05, 0) is 122 Å². The van der Waals surface area contributed by atoms with Crippen LogP contribution in [0.4, 0.5) is 0 Å². The second kappa shape index (κ2) is 10.6. The molecule has 0 aromatic rings. The molecule has 0 spiro atoms. The third kappa shape index (κ3) is 4.51. The Morgan fingerprint density at radius 3 is 2.37 bits per heavy atom. The van der Waals surface area contributed by atoms with Crippen molar-refractivity contribution in [1.82, 2.24) is 0 Å². The third-order valence-electron chi connectivity index (χ3n) is 12.0. The predicted molar refractivity (Wildman–Crippen MR) is 149 cm³/mol. The average molecular weight is 532 g/mol. The first-order valence-corrected chi connectivity index (χ1v) is 15.2. The molecule has 10 atom stereocenters. The minimum absolute atomic E-state index is 0.00833. The highest BCUT2D eigenvalue weighted by molar-refractivity contribution is 5.94. The number of aliphatic hydroxyl groups excluding tert-OH is 2. The van der Waals surface area contributed by atoms with Crippen molar-refractivity contribution in [2.75, 3.05) is 6.54 Å². The molecule has 4 aliphatic carbocycles. The zero-order chi connectivity index (χ0) is 28.2. The van der Waals surface area contributed by atoms with Crippen molar-refractivity contribution in [3.63, 3.8) is 0 Å². The second-order valence-corrected chi connectivity index (χ2v) is 14.3. The number of esters is 1. The van der Waals surface area contributed by atoms with Gasteiger partial charge in [0.2, 0.25) is 0 Å². The van der Waals surface area contributed by atoms with E-state index in [9.17, 15) is 19.8 Å². The van der Waals surface area contributed by atoms with Crippen molar-refractivity contribution in [1.29, 1.82) is 0 Å². The van der Waals surface area contributed by atoms with Gasteiger partial charge in [0.1, 0.15) is 6.10 Å². The first-order chi connectivity index (χ1) is 17.7. The van der Waals surface area contributed by atoms with Crippen LogP contribution in [-0.2, 0) is 14.3 Å². The fraction of sp³-hybridized carbons (Fsp3) is 0.875. The van der Waals surface area contributed by atoms with E-state index >= 15 is 0 Å². The number of Topliss-reactive ketones (excluding diaryl/α,β-unsaturated/α-hetero) is 1. The van der Waals surface area contributed by atoms with Gasteiger partial charge in [-0.15, -0.1) is 0 Å². The van der Waals surface area contributed by atoms with Gasteiger partial charge in [0, 0.05) is 6.92 Å². The van der Waals surface area contributed by atoms with E-state index in [0.29, 0.717) is 37.6 Å². The largest absolute Gasteiger partial charge is 0.458 e. The van der Waals surface area contributed by atoms with E-state index in [1.165, 1.54) is 6.92 Å². The summed E-state index contributed by atoms with van der Waals surface area (Å²) in [5, 5.41) is 22.8. The summed E-state index contributed by atoms with van der Waals surface area (Å²) >= 11 is 0. The number of carbonyl (C=O) groups is 2. The summed E-state index contributed by atoms with van der Waals surface area (Å²) in [4.78, 5) is 25.5. The topological polar surface area (TPSA) is 110 Å². The Balaban J connectivity index is 1.84. The van der Waals surface area contributed by atoms with E-state index in [4.69, 9.17) is 10.5 Å². The lowest BCUT2D eigenvalue weighted by molar-refractivity contribution is -0.237. The molecular formula is C32H53NO5. The van der Waals surface area contributed by atoms with Gasteiger partial charge in [0.25, 0.3) is 0 Å². The maximum absolute atomic E-state index is 13.1. The van der Waals surface area contributed by atoms with Crippen molar-refractivity contribution < 1.29 is 24.5 Å². The third-order valence-corrected chi connectivity index (χ3v) is 12.0. The van der Waals surface area contributed by atoms with E-state index < -0.39 is 12.2 Å². The molecule has 4 rings (SSSR count). The van der Waals surface area contributed by atoms with Crippen molar-refractivity contribution in [3.8, 4) is 0 Å². The summed E-state index contributed by atoms with van der Waals surface area (Å²) in [6, 6.07) is 0. The van der Waals surface area contributed by atoms with Gasteiger partial charge in [0.15, 0.2) is 5.78 Å². The molecule has 4 N–H and O–H groups in total. The van der Waals surface area contributed by atoms with Crippen LogP contribution in [0, 0.1) is 45.8 Å². The molecule has 4 aliphatic rings. The van der Waals surface area contributed by atoms with Crippen LogP contribution in [0.25, 0.3) is 0 Å². The Labute approximate surface area is 230 Å². The molecule has 6 nitrogen and oxygen atoms in total. The van der Waals surface area contributed by atoms with Crippen LogP contribution in [0.1, 0.15) is 106 Å². The molecule has 0 bridgehead atoms. The maximum Gasteiger partial charge on any atom is 0.303 e. The fourth-order valence-corrected chi connectivity index (χ4v) is 10.3. The van der Waals surface area contributed by atoms with Crippen LogP contribution in [0.3, 0.4) is 0 Å². The Morgan fingerprint density at radius 2 is 1.79 bits per heavy atom. The lowest BCUT2D eigenvalue weighted by Gasteiger charge is -2.69. The summed E-state index contributed by atoms with van der Waals surface area (Å²) in [5.41, 5.74) is 7.80. The Bertz CT molecular complexity index is 959. The quantitative estimate of drug-likeness (QED) is 0.308. The normalized spacial score (nSPS) is 45.7. The molecule has 0 radical (unpaired) electrons. The Hall–Kier alpha value is -1.24. The van der Waals surface area contributed by atoms with Gasteiger partial charge in [-0.2, -0.15) is 0 Å². The fourth-order valence-electron chi connectivity index (χ4n) is 10.3. The number of ether oxygens (including phenoxy) is 1. The van der Waals surface area contributed by atoms with Crippen molar-refractivity contribution in [2.24, 2.45) is 51.6 Å². The predicted octanol–water partition coefficient (Wildman–Crippen LogP) is 5.19. The van der Waals surface area contributed by atoms with Gasteiger partial charge >= 0.3 is 5.97 Å². The van der Waals surface area contributed by atoms with Gasteiger partial charge in [-0.3, -0.25) is 9.59 Å². The molecule has 0 amide bonds. The van der Waals surface area contributed by atoms with Crippen molar-refractivity contribution in [2.45, 2.75) is 125 Å². The number of hydrogen-bond donors (Lipinski definition) is 3. The SMILES string of the molecule is CC(=O)O[C@H]1C[C@@]2(C)[C@@H](C[C@@H](O)[C@H]3[C@@]4(C)CC[C@@H](O)[C@@H](C)[C@@H]4CC[C@@]32CN)/C1=C(\CCCC(C)C)C(C)=O. The molecule has 0 aromatic carbocycles. The van der Waals surface area contributed by atoms with Gasteiger partial charge in [-0.1, -0.05) is 41.0 Å². The number of carbonyl (C=O) groups excluding carboxylic acids is 2. The van der Waals surface area contributed by atoms with Crippen LogP contribution >= 0.6 is 0 Å². The summed E-state index contributed by atoms with van der Waals surface area (Å²) in [7, 11) is 0. The number of hydrogen-bond acceptors (Lipinski definition) is 6. The average Bonchev–Trinajstić information content (AvgIpc) is 3.09. The lowest BCUT2D eigenvalue weighted by Crippen LogP contribution is -2.68. The molecule has 0 unspecified atom stereocenters. The molecule has 6 heteroatoms. The summed E-state index contributed by atoms with van der Waals surface area (Å²) < 4.78 is 6.00. The molecule has 0 heterocycles. The molecule has 216 valence electrons. The van der Waals surface area contributed by atoms with E-state index in [0.717, 1.165) is 49.7 Å². The number of ketones is 1. The number of nitrogens with two attached hydrogens (primary N) is 1. The first kappa shape index (κ1) is 29.7. The van der Waals surface area contributed by atoms with E-state index in [2.05, 4.69) is 34.6 Å². The highest BCUT2D eigenvalue weighted by atomic mass is 16.5. The smallest absolute Gasteiger partial charge is 0.303 e. The number of rotatable bonds is 7. The monoisotopic (exact) mass is 531 g/mol. The van der Waals surface area contributed by atoms with E-state index in [1.54, 1.807) is 6.92 Å². The van der Waals surface area contributed by atoms with Crippen LogP contribution < -0.4 is 5.73 Å². The zero-order valence-electron chi connectivity index (χ0n) is 24.9. The molecule has 0 aliphatic heterocycles. The van der Waals surface area contributed by atoms with Crippen LogP contribution in [-0.4, -0.2) is 46.8 Å². The minimum atomic E-state index is -0.554. The van der Waals surface area contributed by atoms with Crippen molar-refractivity contribution >= 4 is 11.8 Å². The zero-order valence-corrected chi connectivity index (χ0v) is 24.9. The minimum Gasteiger partial charge on any atom is -0.458 e. The lowest BCUT2D eigenvalue weighted by atomic mass is 9.36. The molecule has 38 heavy (non-hydrogen) atoms. The van der Waals surface area contributed by atoms with Gasteiger partial charge in [0.05, 0.1) is 12.2 Å². The molecule has 4 fully saturated rings. The molecule has 4 saturated carbocycles. The molecular weight excluding hydrogens is 478 g/mol. The number of aliphatic hydroxyl groups is 2. The summed E-state index contributed by atoms with van der Waals surface area (Å²) in [6.45, 7) is 14.8. The van der Waals surface area contributed by atoms with Gasteiger partial charge < -0.3 is 20.7 Å². The van der Waals surface area contributed by atoms with E-state index in [-0.39, 0.29) is 51.9 Å². The second-order valence-electron chi connectivity index (χ2n) is 14.3. The Kier molecular flexibility index (Phi) is 8.32. The number of allylic oxidation sites excluding steroid dienone is 1. The van der Waals surface area contributed by atoms with Crippen LogP contribution in [0.15, 0.2) is 11.1 Å². The highest BCUT2D eigenvalue weighted by Crippen LogP contribution is 2.74. The molecule has 0 aromatic heterocycles. The highest BCUT2D eigenvalue weighted by Gasteiger charge is 2.72. The maximum atomic E-state index is 13.1.